The molecule has 1 saturated heterocycles. The zero-order valence-electron chi connectivity index (χ0n) is 7.62. The minimum Gasteiger partial charge on any atom is -0.345 e. The maximum Gasteiger partial charge on any atom is 0.107 e. The summed E-state index contributed by atoms with van der Waals surface area (Å²) in [5.41, 5.74) is 6.74. The molecule has 0 bridgehead atoms. The minimum absolute atomic E-state index is 0.652. The van der Waals surface area contributed by atoms with E-state index < -0.39 is 0 Å². The second-order valence-corrected chi connectivity index (χ2v) is 4.64. The first-order valence-electron chi connectivity index (χ1n) is 4.75. The fourth-order valence-electron chi connectivity index (χ4n) is 1.63. The highest BCUT2D eigenvalue weighted by Gasteiger charge is 2.19. The first kappa shape index (κ1) is 9.09. The number of thioether (sulfide) groups is 1. The fraction of sp³-hybridized carbons (Fsp3) is 0.667. The molecular formula is C9H15N3S. The van der Waals surface area contributed by atoms with Crippen molar-refractivity contribution in [3.63, 3.8) is 0 Å². The lowest BCUT2D eigenvalue weighted by Gasteiger charge is -2.03. The topological polar surface area (TPSA) is 54.7 Å². The number of hydrogen-bond donors (Lipinski definition) is 2. The van der Waals surface area contributed by atoms with E-state index in [9.17, 15) is 0 Å². The van der Waals surface area contributed by atoms with Gasteiger partial charge in [-0.3, -0.25) is 0 Å². The van der Waals surface area contributed by atoms with E-state index in [4.69, 9.17) is 5.73 Å². The predicted molar refractivity (Wildman–Crippen MR) is 55.8 cm³/mol. The average molecular weight is 197 g/mol. The van der Waals surface area contributed by atoms with Crippen LogP contribution in [0.3, 0.4) is 0 Å². The number of nitrogens with zero attached hydrogens (tertiary/aromatic N) is 1. The van der Waals surface area contributed by atoms with Gasteiger partial charge in [0, 0.05) is 23.6 Å². The third kappa shape index (κ3) is 2.06. The lowest BCUT2D eigenvalue weighted by atomic mass is 10.2. The quantitative estimate of drug-likeness (QED) is 0.771. The molecule has 1 atom stereocenters. The summed E-state index contributed by atoms with van der Waals surface area (Å²) in [7, 11) is 0. The number of hydrogen-bond acceptors (Lipinski definition) is 3. The van der Waals surface area contributed by atoms with Gasteiger partial charge in [-0.1, -0.05) is 0 Å². The molecular weight excluding hydrogens is 182 g/mol. The van der Waals surface area contributed by atoms with E-state index in [1.165, 1.54) is 24.3 Å². The van der Waals surface area contributed by atoms with Crippen LogP contribution in [0.4, 0.5) is 0 Å². The molecule has 1 fully saturated rings. The van der Waals surface area contributed by atoms with Crippen LogP contribution in [0.15, 0.2) is 6.20 Å². The van der Waals surface area contributed by atoms with Crippen molar-refractivity contribution in [3.8, 4) is 0 Å². The summed E-state index contributed by atoms with van der Waals surface area (Å²) >= 11 is 2.02. The van der Waals surface area contributed by atoms with Gasteiger partial charge >= 0.3 is 0 Å². The van der Waals surface area contributed by atoms with Crippen LogP contribution in [0.2, 0.25) is 0 Å². The highest BCUT2D eigenvalue weighted by atomic mass is 32.2. The van der Waals surface area contributed by atoms with E-state index in [2.05, 4.69) is 9.97 Å². The number of aromatic amines is 1. The lowest BCUT2D eigenvalue weighted by molar-refractivity contribution is 0.804. The Morgan fingerprint density at radius 2 is 2.62 bits per heavy atom. The average Bonchev–Trinajstić information content (AvgIpc) is 2.70. The highest BCUT2D eigenvalue weighted by molar-refractivity contribution is 7.99. The predicted octanol–water partition coefficient (Wildman–Crippen LogP) is 1.48. The Morgan fingerprint density at radius 1 is 1.69 bits per heavy atom. The van der Waals surface area contributed by atoms with Crippen molar-refractivity contribution in [2.75, 3.05) is 12.3 Å². The van der Waals surface area contributed by atoms with Gasteiger partial charge in [0.15, 0.2) is 0 Å². The first-order chi connectivity index (χ1) is 6.40. The van der Waals surface area contributed by atoms with Crippen LogP contribution in [0, 0.1) is 0 Å². The molecule has 1 unspecified atom stereocenters. The van der Waals surface area contributed by atoms with E-state index in [1.54, 1.807) is 0 Å². The molecule has 2 heterocycles. The number of H-pyrrole nitrogens is 1. The van der Waals surface area contributed by atoms with E-state index in [0.29, 0.717) is 11.8 Å². The van der Waals surface area contributed by atoms with Crippen molar-refractivity contribution >= 4 is 11.8 Å². The summed E-state index contributed by atoms with van der Waals surface area (Å²) in [5.74, 6) is 2.32. The van der Waals surface area contributed by atoms with Crippen molar-refractivity contribution < 1.29 is 0 Å². The molecule has 4 heteroatoms. The monoisotopic (exact) mass is 197 g/mol. The molecule has 0 aromatic carbocycles. The summed E-state index contributed by atoms with van der Waals surface area (Å²) in [4.78, 5) is 7.65. The molecule has 1 aromatic heterocycles. The van der Waals surface area contributed by atoms with Gasteiger partial charge in [-0.25, -0.2) is 4.98 Å². The van der Waals surface area contributed by atoms with Crippen molar-refractivity contribution in [1.29, 1.82) is 0 Å². The Bertz CT molecular complexity index is 266. The molecule has 0 amide bonds. The molecule has 13 heavy (non-hydrogen) atoms. The molecule has 0 spiro atoms. The van der Waals surface area contributed by atoms with Crippen LogP contribution in [0.5, 0.6) is 0 Å². The molecule has 0 aliphatic carbocycles. The van der Waals surface area contributed by atoms with Gasteiger partial charge in [-0.2, -0.15) is 11.8 Å². The Balaban J connectivity index is 2.03. The van der Waals surface area contributed by atoms with E-state index in [0.717, 1.165) is 12.2 Å². The van der Waals surface area contributed by atoms with Gasteiger partial charge in [0.1, 0.15) is 5.82 Å². The minimum atomic E-state index is 0.652. The van der Waals surface area contributed by atoms with Gasteiger partial charge in [0.25, 0.3) is 0 Å². The summed E-state index contributed by atoms with van der Waals surface area (Å²) < 4.78 is 0. The van der Waals surface area contributed by atoms with Gasteiger partial charge in [-0.05, 0) is 25.1 Å². The summed E-state index contributed by atoms with van der Waals surface area (Å²) in [6.45, 7) is 0.671. The molecule has 2 rings (SSSR count). The highest BCUT2D eigenvalue weighted by Crippen LogP contribution is 2.38. The molecule has 3 N–H and O–H groups in total. The maximum atomic E-state index is 5.46. The summed E-state index contributed by atoms with van der Waals surface area (Å²) in [6, 6.07) is 0. The van der Waals surface area contributed by atoms with Crippen LogP contribution in [-0.2, 0) is 6.42 Å². The maximum absolute atomic E-state index is 5.46. The van der Waals surface area contributed by atoms with E-state index >= 15 is 0 Å². The SMILES string of the molecule is NCCc1ncc(C2CCCS2)[nH]1. The Morgan fingerprint density at radius 3 is 3.31 bits per heavy atom. The molecule has 0 saturated carbocycles. The van der Waals surface area contributed by atoms with Gasteiger partial charge < -0.3 is 10.7 Å². The van der Waals surface area contributed by atoms with Gasteiger partial charge in [0.05, 0.1) is 0 Å². The second-order valence-electron chi connectivity index (χ2n) is 3.33. The number of aromatic nitrogens is 2. The molecule has 1 aliphatic rings. The third-order valence-corrected chi connectivity index (χ3v) is 3.72. The Labute approximate surface area is 82.5 Å². The largest absolute Gasteiger partial charge is 0.345 e. The van der Waals surface area contributed by atoms with Crippen molar-refractivity contribution in [2.24, 2.45) is 5.73 Å². The number of imidazole rings is 1. The zero-order chi connectivity index (χ0) is 9.10. The van der Waals surface area contributed by atoms with Crippen LogP contribution in [0.25, 0.3) is 0 Å². The Hall–Kier alpha value is -0.480. The molecule has 72 valence electrons. The summed E-state index contributed by atoms with van der Waals surface area (Å²) in [6.07, 6.45) is 5.45. The van der Waals surface area contributed by atoms with Crippen LogP contribution in [0.1, 0.15) is 29.6 Å². The van der Waals surface area contributed by atoms with Crippen LogP contribution in [-0.4, -0.2) is 22.3 Å². The Kier molecular flexibility index (Phi) is 2.90. The fourth-order valence-corrected chi connectivity index (χ4v) is 2.88. The lowest BCUT2D eigenvalue weighted by Crippen LogP contribution is -2.04. The van der Waals surface area contributed by atoms with E-state index in [-0.39, 0.29) is 0 Å². The van der Waals surface area contributed by atoms with Gasteiger partial charge in [-0.15, -0.1) is 0 Å². The number of nitrogens with one attached hydrogen (secondary N) is 1. The van der Waals surface area contributed by atoms with E-state index in [1.807, 2.05) is 18.0 Å². The third-order valence-electron chi connectivity index (χ3n) is 2.31. The number of nitrogens with two attached hydrogens (primary N) is 1. The standard InChI is InChI=1S/C9H15N3S/c10-4-3-9-11-6-7(12-9)8-2-1-5-13-8/h6,8H,1-5,10H2,(H,11,12). The van der Waals surface area contributed by atoms with Crippen molar-refractivity contribution in [1.82, 2.24) is 9.97 Å². The molecule has 0 radical (unpaired) electrons. The zero-order valence-corrected chi connectivity index (χ0v) is 8.44. The molecule has 1 aliphatic heterocycles. The summed E-state index contributed by atoms with van der Waals surface area (Å²) in [5, 5.41) is 0.652. The smallest absolute Gasteiger partial charge is 0.107 e. The normalized spacial score (nSPS) is 22.4. The second kappa shape index (κ2) is 4.15. The molecule has 1 aromatic rings. The molecule has 3 nitrogen and oxygen atoms in total. The van der Waals surface area contributed by atoms with Crippen LogP contribution >= 0.6 is 11.8 Å². The first-order valence-corrected chi connectivity index (χ1v) is 5.80. The van der Waals surface area contributed by atoms with Gasteiger partial charge in [0.2, 0.25) is 0 Å². The van der Waals surface area contributed by atoms with Crippen LogP contribution < -0.4 is 5.73 Å². The van der Waals surface area contributed by atoms with Crippen molar-refractivity contribution in [3.05, 3.63) is 17.7 Å². The number of rotatable bonds is 3. The van der Waals surface area contributed by atoms with Crippen molar-refractivity contribution in [2.45, 2.75) is 24.5 Å².